The summed E-state index contributed by atoms with van der Waals surface area (Å²) in [6.45, 7) is 3.54. The van der Waals surface area contributed by atoms with Crippen LogP contribution in [0, 0.1) is 12.8 Å². The third kappa shape index (κ3) is 2.56. The van der Waals surface area contributed by atoms with Gasteiger partial charge in [0, 0.05) is 38.5 Å². The van der Waals surface area contributed by atoms with E-state index in [-0.39, 0.29) is 6.10 Å². The van der Waals surface area contributed by atoms with E-state index < -0.39 is 0 Å². The molecule has 6 nitrogen and oxygen atoms in total. The maximum absolute atomic E-state index is 5.95. The highest BCUT2D eigenvalue weighted by atomic mass is 16.5. The Balaban J connectivity index is 1.70. The van der Waals surface area contributed by atoms with Gasteiger partial charge in [-0.05, 0) is 19.8 Å². The molecule has 0 aromatic carbocycles. The molecule has 1 N–H and O–H groups in total. The quantitative estimate of drug-likeness (QED) is 0.928. The summed E-state index contributed by atoms with van der Waals surface area (Å²) in [4.78, 5) is 4.43. The van der Waals surface area contributed by atoms with Crippen molar-refractivity contribution in [2.45, 2.75) is 25.9 Å². The molecule has 3 heterocycles. The smallest absolute Gasteiger partial charge is 0.156 e. The lowest BCUT2D eigenvalue weighted by atomic mass is 9.93. The van der Waals surface area contributed by atoms with Crippen LogP contribution in [0.2, 0.25) is 0 Å². The number of hydrogen-bond acceptors (Lipinski definition) is 5. The van der Waals surface area contributed by atoms with Crippen molar-refractivity contribution in [2.75, 3.05) is 18.5 Å². The second kappa shape index (κ2) is 5.66. The van der Waals surface area contributed by atoms with Crippen LogP contribution in [-0.4, -0.2) is 27.9 Å². The lowest BCUT2D eigenvalue weighted by Gasteiger charge is -2.31. The molecule has 0 spiro atoms. The fourth-order valence-electron chi connectivity index (χ4n) is 2.70. The van der Waals surface area contributed by atoms with Crippen LogP contribution in [0.1, 0.15) is 30.5 Å². The van der Waals surface area contributed by atoms with Crippen molar-refractivity contribution in [1.29, 1.82) is 0 Å². The van der Waals surface area contributed by atoms with Crippen molar-refractivity contribution in [1.82, 2.24) is 14.7 Å². The molecular formula is C14H20N4O2. The summed E-state index contributed by atoms with van der Waals surface area (Å²) >= 11 is 0. The maximum atomic E-state index is 5.95. The molecule has 1 aliphatic heterocycles. The minimum atomic E-state index is 0.0522. The Morgan fingerprint density at radius 2 is 2.40 bits per heavy atom. The second-order valence-corrected chi connectivity index (χ2v) is 5.27. The van der Waals surface area contributed by atoms with E-state index in [1.807, 2.05) is 30.9 Å². The van der Waals surface area contributed by atoms with Crippen molar-refractivity contribution in [3.63, 3.8) is 0 Å². The van der Waals surface area contributed by atoms with Crippen LogP contribution in [0.5, 0.6) is 0 Å². The number of imidazole rings is 1. The summed E-state index contributed by atoms with van der Waals surface area (Å²) in [5, 5.41) is 7.18. The molecule has 1 fully saturated rings. The summed E-state index contributed by atoms with van der Waals surface area (Å²) in [7, 11) is 2.01. The third-order valence-corrected chi connectivity index (χ3v) is 3.86. The van der Waals surface area contributed by atoms with Crippen LogP contribution in [0.3, 0.4) is 0 Å². The Bertz CT molecular complexity index is 563. The van der Waals surface area contributed by atoms with Gasteiger partial charge in [0.25, 0.3) is 0 Å². The fraction of sp³-hybridized carbons (Fsp3) is 0.571. The molecule has 108 valence electrons. The van der Waals surface area contributed by atoms with Crippen molar-refractivity contribution < 1.29 is 9.26 Å². The second-order valence-electron chi connectivity index (χ2n) is 5.27. The van der Waals surface area contributed by atoms with Crippen LogP contribution < -0.4 is 5.32 Å². The first kappa shape index (κ1) is 13.2. The summed E-state index contributed by atoms with van der Waals surface area (Å²) in [6.07, 6.45) is 7.78. The van der Waals surface area contributed by atoms with E-state index in [0.717, 1.165) is 43.3 Å². The van der Waals surface area contributed by atoms with Crippen LogP contribution in [0.25, 0.3) is 0 Å². The van der Waals surface area contributed by atoms with Crippen molar-refractivity contribution in [2.24, 2.45) is 13.0 Å². The van der Waals surface area contributed by atoms with E-state index in [4.69, 9.17) is 9.26 Å². The zero-order chi connectivity index (χ0) is 13.9. The van der Waals surface area contributed by atoms with Gasteiger partial charge in [0.1, 0.15) is 11.9 Å². The normalized spacial score (nSPS) is 22.9. The van der Waals surface area contributed by atoms with Gasteiger partial charge in [0.2, 0.25) is 0 Å². The molecule has 0 radical (unpaired) electrons. The van der Waals surface area contributed by atoms with Gasteiger partial charge in [0.15, 0.2) is 5.76 Å². The summed E-state index contributed by atoms with van der Waals surface area (Å²) in [5.74, 6) is 2.22. The number of nitrogens with zero attached hydrogens (tertiary/aromatic N) is 3. The SMILES string of the molecule is Cc1oncc1NC[C@@H]1CCCO[C@H]1c1nccn1C. The first-order valence-electron chi connectivity index (χ1n) is 6.99. The zero-order valence-electron chi connectivity index (χ0n) is 11.9. The minimum absolute atomic E-state index is 0.0522. The van der Waals surface area contributed by atoms with Gasteiger partial charge in [-0.3, -0.25) is 0 Å². The molecule has 0 aliphatic carbocycles. The molecule has 0 unspecified atom stereocenters. The number of aromatic nitrogens is 3. The van der Waals surface area contributed by atoms with E-state index in [1.54, 1.807) is 6.20 Å². The lowest BCUT2D eigenvalue weighted by molar-refractivity contribution is -0.0304. The van der Waals surface area contributed by atoms with Crippen LogP contribution in [-0.2, 0) is 11.8 Å². The Hall–Kier alpha value is -1.82. The maximum Gasteiger partial charge on any atom is 0.156 e. The van der Waals surface area contributed by atoms with E-state index in [2.05, 4.69) is 15.5 Å². The minimum Gasteiger partial charge on any atom is -0.380 e. The van der Waals surface area contributed by atoms with E-state index in [0.29, 0.717) is 5.92 Å². The van der Waals surface area contributed by atoms with Gasteiger partial charge in [-0.15, -0.1) is 0 Å². The van der Waals surface area contributed by atoms with Gasteiger partial charge in [-0.2, -0.15) is 0 Å². The molecule has 2 atom stereocenters. The number of ether oxygens (including phenoxy) is 1. The number of hydrogen-bond donors (Lipinski definition) is 1. The molecule has 2 aromatic heterocycles. The summed E-state index contributed by atoms with van der Waals surface area (Å²) in [6, 6.07) is 0. The number of aryl methyl sites for hydroxylation is 2. The average Bonchev–Trinajstić information content (AvgIpc) is 3.06. The molecule has 6 heteroatoms. The lowest BCUT2D eigenvalue weighted by Crippen LogP contribution is -2.30. The molecule has 20 heavy (non-hydrogen) atoms. The third-order valence-electron chi connectivity index (χ3n) is 3.86. The Kier molecular flexibility index (Phi) is 3.73. The first-order valence-corrected chi connectivity index (χ1v) is 6.99. The molecule has 3 rings (SSSR count). The number of anilines is 1. The Morgan fingerprint density at radius 3 is 3.10 bits per heavy atom. The molecule has 0 amide bonds. The summed E-state index contributed by atoms with van der Waals surface area (Å²) < 4.78 is 13.1. The van der Waals surface area contributed by atoms with E-state index in [1.165, 1.54) is 0 Å². The van der Waals surface area contributed by atoms with E-state index >= 15 is 0 Å². The largest absolute Gasteiger partial charge is 0.380 e. The zero-order valence-corrected chi connectivity index (χ0v) is 11.9. The molecule has 0 saturated carbocycles. The van der Waals surface area contributed by atoms with Crippen molar-refractivity contribution in [3.05, 3.63) is 30.2 Å². The highest BCUT2D eigenvalue weighted by Crippen LogP contribution is 2.32. The van der Waals surface area contributed by atoms with E-state index in [9.17, 15) is 0 Å². The average molecular weight is 276 g/mol. The topological polar surface area (TPSA) is 65.1 Å². The monoisotopic (exact) mass is 276 g/mol. The highest BCUT2D eigenvalue weighted by Gasteiger charge is 2.30. The molecule has 2 aromatic rings. The molecule has 0 bridgehead atoms. The predicted octanol–water partition coefficient (Wildman–Crippen LogP) is 2.30. The van der Waals surface area contributed by atoms with Crippen LogP contribution >= 0.6 is 0 Å². The molecule has 1 aliphatic rings. The van der Waals surface area contributed by atoms with Crippen molar-refractivity contribution in [3.8, 4) is 0 Å². The highest BCUT2D eigenvalue weighted by molar-refractivity contribution is 5.43. The standard InChI is InChI=1S/C14H20N4O2/c1-10-12(9-17-20-10)16-8-11-4-3-7-19-13(11)14-15-5-6-18(14)2/h5-6,9,11,13,16H,3-4,7-8H2,1-2H3/t11-,13+/m0/s1. The molecular weight excluding hydrogens is 256 g/mol. The van der Waals surface area contributed by atoms with Crippen LogP contribution in [0.4, 0.5) is 5.69 Å². The van der Waals surface area contributed by atoms with Gasteiger partial charge < -0.3 is 19.1 Å². The van der Waals surface area contributed by atoms with Gasteiger partial charge >= 0.3 is 0 Å². The van der Waals surface area contributed by atoms with Gasteiger partial charge in [-0.25, -0.2) is 4.98 Å². The first-order chi connectivity index (χ1) is 9.75. The predicted molar refractivity (Wildman–Crippen MR) is 74.4 cm³/mol. The van der Waals surface area contributed by atoms with Crippen LogP contribution in [0.15, 0.2) is 23.1 Å². The Labute approximate surface area is 118 Å². The van der Waals surface area contributed by atoms with Crippen molar-refractivity contribution >= 4 is 5.69 Å². The number of nitrogens with one attached hydrogen (secondary N) is 1. The van der Waals surface area contributed by atoms with Gasteiger partial charge in [0.05, 0.1) is 11.9 Å². The van der Waals surface area contributed by atoms with Gasteiger partial charge in [-0.1, -0.05) is 5.16 Å². The Morgan fingerprint density at radius 1 is 1.50 bits per heavy atom. The molecule has 1 saturated heterocycles. The summed E-state index contributed by atoms with van der Waals surface area (Å²) in [5.41, 5.74) is 0.953. The fourth-order valence-corrected chi connectivity index (χ4v) is 2.70. The number of rotatable bonds is 4.